The highest BCUT2D eigenvalue weighted by Crippen LogP contribution is 2.20. The molecule has 5 nitrogen and oxygen atoms in total. The fourth-order valence-electron chi connectivity index (χ4n) is 4.04. The monoisotopic (exact) mass is 510 g/mol. The van der Waals surface area contributed by atoms with Crippen molar-refractivity contribution < 1.29 is 23.4 Å². The third-order valence-electron chi connectivity index (χ3n) is 5.76. The molecule has 0 saturated carbocycles. The number of rotatable bonds is 11. The van der Waals surface area contributed by atoms with Crippen LogP contribution in [0.3, 0.4) is 0 Å². The van der Waals surface area contributed by atoms with Gasteiger partial charge in [0.1, 0.15) is 23.0 Å². The maximum absolute atomic E-state index is 13.8. The third kappa shape index (κ3) is 9.26. The standard InChI is InChI=1S/C30H36F2N2O3/c1-5-20-8-6-9-21(12-20)18-33-19-28(35)27(15-22-13-24(31)17-25(32)14-22)34-29(36)23-10-7-11-26(16-23)37-30(2,3)4/h6-14,16-17,27-28,33,35H,5,15,18-19H2,1-4H3,(H,34,36)/t27-,28-/m0/s1. The van der Waals surface area contributed by atoms with Crippen LogP contribution in [0.2, 0.25) is 0 Å². The Labute approximate surface area is 217 Å². The zero-order valence-electron chi connectivity index (χ0n) is 21.9. The minimum absolute atomic E-state index is 0.0484. The second-order valence-electron chi connectivity index (χ2n) is 10.2. The lowest BCUT2D eigenvalue weighted by Gasteiger charge is -2.25. The van der Waals surface area contributed by atoms with E-state index in [1.807, 2.05) is 32.9 Å². The Balaban J connectivity index is 1.73. The molecule has 37 heavy (non-hydrogen) atoms. The molecular weight excluding hydrogens is 474 g/mol. The first kappa shape index (κ1) is 28.3. The van der Waals surface area contributed by atoms with Crippen molar-refractivity contribution in [2.24, 2.45) is 0 Å². The van der Waals surface area contributed by atoms with Crippen molar-refractivity contribution in [1.29, 1.82) is 0 Å². The summed E-state index contributed by atoms with van der Waals surface area (Å²) in [4.78, 5) is 13.1. The average molecular weight is 511 g/mol. The van der Waals surface area contributed by atoms with E-state index in [-0.39, 0.29) is 13.0 Å². The number of carbonyl (C=O) groups is 1. The van der Waals surface area contributed by atoms with Crippen molar-refractivity contribution in [3.63, 3.8) is 0 Å². The van der Waals surface area contributed by atoms with Gasteiger partial charge in [-0.15, -0.1) is 0 Å². The number of carbonyl (C=O) groups excluding carboxylic acids is 1. The van der Waals surface area contributed by atoms with Crippen LogP contribution in [0.15, 0.2) is 66.7 Å². The second kappa shape index (κ2) is 12.8. The fourth-order valence-corrected chi connectivity index (χ4v) is 4.04. The van der Waals surface area contributed by atoms with Crippen LogP contribution < -0.4 is 15.4 Å². The number of amides is 1. The average Bonchev–Trinajstić information content (AvgIpc) is 2.82. The predicted molar refractivity (Wildman–Crippen MR) is 142 cm³/mol. The summed E-state index contributed by atoms with van der Waals surface area (Å²) < 4.78 is 33.5. The third-order valence-corrected chi connectivity index (χ3v) is 5.76. The summed E-state index contributed by atoms with van der Waals surface area (Å²) in [6.07, 6.45) is -0.0394. The van der Waals surface area contributed by atoms with Crippen LogP contribution in [0.5, 0.6) is 5.75 Å². The molecule has 3 aromatic carbocycles. The van der Waals surface area contributed by atoms with Gasteiger partial charge in [-0.2, -0.15) is 0 Å². The van der Waals surface area contributed by atoms with Gasteiger partial charge in [0.25, 0.3) is 5.91 Å². The number of benzene rings is 3. The van der Waals surface area contributed by atoms with Gasteiger partial charge in [-0.25, -0.2) is 8.78 Å². The van der Waals surface area contributed by atoms with Crippen LogP contribution in [-0.2, 0) is 19.4 Å². The molecule has 3 aromatic rings. The van der Waals surface area contributed by atoms with E-state index in [2.05, 4.69) is 29.7 Å². The van der Waals surface area contributed by atoms with Gasteiger partial charge in [0.15, 0.2) is 0 Å². The van der Waals surface area contributed by atoms with Gasteiger partial charge in [-0.05, 0) is 80.6 Å². The largest absolute Gasteiger partial charge is 0.488 e. The number of hydrogen-bond acceptors (Lipinski definition) is 4. The lowest BCUT2D eigenvalue weighted by Crippen LogP contribution is -2.48. The number of ether oxygens (including phenoxy) is 1. The Morgan fingerprint density at radius 1 is 0.946 bits per heavy atom. The molecule has 0 fully saturated rings. The Hall–Kier alpha value is -3.29. The normalized spacial score (nSPS) is 13.2. The van der Waals surface area contributed by atoms with Crippen molar-refractivity contribution in [3.8, 4) is 5.75 Å². The van der Waals surface area contributed by atoms with Gasteiger partial charge in [0, 0.05) is 24.7 Å². The van der Waals surface area contributed by atoms with E-state index in [1.165, 1.54) is 17.7 Å². The van der Waals surface area contributed by atoms with E-state index in [4.69, 9.17) is 4.74 Å². The van der Waals surface area contributed by atoms with Crippen molar-refractivity contribution in [2.75, 3.05) is 6.54 Å². The van der Waals surface area contributed by atoms with Gasteiger partial charge in [-0.3, -0.25) is 4.79 Å². The molecule has 1 amide bonds. The molecule has 0 aromatic heterocycles. The smallest absolute Gasteiger partial charge is 0.251 e. The number of aliphatic hydroxyl groups is 1. The molecule has 0 heterocycles. The van der Waals surface area contributed by atoms with Crippen LogP contribution in [0, 0.1) is 11.6 Å². The molecule has 0 unspecified atom stereocenters. The summed E-state index contributed by atoms with van der Waals surface area (Å²) in [7, 11) is 0. The SMILES string of the molecule is CCc1cccc(CNC[C@H](O)[C@H](Cc2cc(F)cc(F)c2)NC(=O)c2cccc(OC(C)(C)C)c2)c1. The predicted octanol–water partition coefficient (Wildman–Crippen LogP) is 5.20. The van der Waals surface area contributed by atoms with E-state index in [1.54, 1.807) is 24.3 Å². The molecule has 0 aliphatic carbocycles. The zero-order valence-corrected chi connectivity index (χ0v) is 21.9. The van der Waals surface area contributed by atoms with E-state index < -0.39 is 35.3 Å². The first-order valence-electron chi connectivity index (χ1n) is 12.5. The second-order valence-corrected chi connectivity index (χ2v) is 10.2. The zero-order chi connectivity index (χ0) is 27.0. The number of nitrogens with one attached hydrogen (secondary N) is 2. The van der Waals surface area contributed by atoms with Gasteiger partial charge in [0.2, 0.25) is 0 Å². The maximum Gasteiger partial charge on any atom is 0.251 e. The molecule has 0 aliphatic rings. The molecule has 3 rings (SSSR count). The quantitative estimate of drug-likeness (QED) is 0.332. The molecular formula is C30H36F2N2O3. The highest BCUT2D eigenvalue weighted by molar-refractivity contribution is 5.94. The van der Waals surface area contributed by atoms with E-state index >= 15 is 0 Å². The summed E-state index contributed by atoms with van der Waals surface area (Å²) >= 11 is 0. The summed E-state index contributed by atoms with van der Waals surface area (Å²) in [5.74, 6) is -1.30. The lowest BCUT2D eigenvalue weighted by molar-refractivity contribution is 0.0828. The van der Waals surface area contributed by atoms with Crippen LogP contribution >= 0.6 is 0 Å². The first-order chi connectivity index (χ1) is 17.5. The molecule has 0 aliphatic heterocycles. The van der Waals surface area contributed by atoms with E-state index in [0.29, 0.717) is 23.4 Å². The lowest BCUT2D eigenvalue weighted by atomic mass is 10.00. The first-order valence-corrected chi connectivity index (χ1v) is 12.5. The molecule has 2 atom stereocenters. The number of aryl methyl sites for hydroxylation is 1. The minimum atomic E-state index is -1.02. The highest BCUT2D eigenvalue weighted by Gasteiger charge is 2.23. The Bertz CT molecular complexity index is 1170. The van der Waals surface area contributed by atoms with Gasteiger partial charge >= 0.3 is 0 Å². The van der Waals surface area contributed by atoms with Crippen LogP contribution in [0.4, 0.5) is 8.78 Å². The summed E-state index contributed by atoms with van der Waals surface area (Å²) in [6.45, 7) is 8.53. The Morgan fingerprint density at radius 3 is 2.30 bits per heavy atom. The van der Waals surface area contributed by atoms with Crippen molar-refractivity contribution in [1.82, 2.24) is 10.6 Å². The van der Waals surface area contributed by atoms with Crippen molar-refractivity contribution in [3.05, 3.63) is 101 Å². The number of halogens is 2. The van der Waals surface area contributed by atoms with Crippen molar-refractivity contribution in [2.45, 2.75) is 64.8 Å². The summed E-state index contributed by atoms with van der Waals surface area (Å²) in [5, 5.41) is 17.1. The highest BCUT2D eigenvalue weighted by atomic mass is 19.1. The Morgan fingerprint density at radius 2 is 1.62 bits per heavy atom. The fraction of sp³-hybridized carbons (Fsp3) is 0.367. The molecule has 3 N–H and O–H groups in total. The summed E-state index contributed by atoms with van der Waals surface area (Å²) in [6, 6.07) is 17.3. The molecule has 0 bridgehead atoms. The van der Waals surface area contributed by atoms with Crippen molar-refractivity contribution >= 4 is 5.91 Å². The molecule has 0 saturated heterocycles. The van der Waals surface area contributed by atoms with Gasteiger partial charge in [-0.1, -0.05) is 37.3 Å². The minimum Gasteiger partial charge on any atom is -0.488 e. The number of aliphatic hydroxyl groups excluding tert-OH is 1. The molecule has 7 heteroatoms. The number of hydrogen-bond donors (Lipinski definition) is 3. The van der Waals surface area contributed by atoms with Gasteiger partial charge in [0.05, 0.1) is 12.1 Å². The van der Waals surface area contributed by atoms with E-state index in [0.717, 1.165) is 18.1 Å². The molecule has 0 radical (unpaired) electrons. The van der Waals surface area contributed by atoms with Crippen LogP contribution in [-0.4, -0.2) is 35.3 Å². The Kier molecular flexibility index (Phi) is 9.78. The molecule has 0 spiro atoms. The van der Waals surface area contributed by atoms with E-state index in [9.17, 15) is 18.7 Å². The summed E-state index contributed by atoms with van der Waals surface area (Å²) in [5.41, 5.74) is 2.55. The molecule has 198 valence electrons. The van der Waals surface area contributed by atoms with Crippen LogP contribution in [0.25, 0.3) is 0 Å². The maximum atomic E-state index is 13.8. The van der Waals surface area contributed by atoms with Gasteiger partial charge < -0.3 is 20.5 Å². The topological polar surface area (TPSA) is 70.6 Å². The van der Waals surface area contributed by atoms with Crippen LogP contribution in [0.1, 0.15) is 54.7 Å².